The Bertz CT molecular complexity index is 153. The molecule has 1 heteroatoms. The molecule has 1 fully saturated rings. The zero-order valence-electron chi connectivity index (χ0n) is 9.69. The molecule has 0 aromatic rings. The normalized spacial score (nSPS) is 32.5. The van der Waals surface area contributed by atoms with E-state index in [0.717, 1.165) is 18.4 Å². The Morgan fingerprint density at radius 3 is 2.69 bits per heavy atom. The fourth-order valence-corrected chi connectivity index (χ4v) is 2.07. The van der Waals surface area contributed by atoms with Crippen LogP contribution in [0.2, 0.25) is 0 Å². The first-order valence-corrected chi connectivity index (χ1v) is 5.79. The Labute approximate surface area is 83.3 Å². The Kier molecular flexibility index (Phi) is 3.78. The van der Waals surface area contributed by atoms with Gasteiger partial charge in [0.1, 0.15) is 0 Å². The molecule has 0 amide bonds. The quantitative estimate of drug-likeness (QED) is 0.667. The number of hydrogen-bond donors (Lipinski definition) is 1. The van der Waals surface area contributed by atoms with Gasteiger partial charge in [-0.25, -0.2) is 0 Å². The molecule has 0 aromatic heterocycles. The van der Waals surface area contributed by atoms with Crippen molar-refractivity contribution in [3.8, 4) is 0 Å². The van der Waals surface area contributed by atoms with Gasteiger partial charge in [-0.05, 0) is 43.2 Å². The van der Waals surface area contributed by atoms with E-state index in [1.165, 1.54) is 25.8 Å². The second-order valence-corrected chi connectivity index (χ2v) is 5.30. The average Bonchev–Trinajstić information content (AvgIpc) is 2.71. The topological polar surface area (TPSA) is 12.0 Å². The third kappa shape index (κ3) is 3.30. The fourth-order valence-electron chi connectivity index (χ4n) is 2.07. The second-order valence-electron chi connectivity index (χ2n) is 5.30. The third-order valence-electron chi connectivity index (χ3n) is 3.47. The highest BCUT2D eigenvalue weighted by Crippen LogP contribution is 2.55. The van der Waals surface area contributed by atoms with Crippen molar-refractivity contribution in [3.63, 3.8) is 0 Å². The minimum atomic E-state index is 0.687. The molecule has 0 aromatic carbocycles. The summed E-state index contributed by atoms with van der Waals surface area (Å²) >= 11 is 0. The SMILES string of the molecule is CCNCC1CC1(C)CCC(C)C. The van der Waals surface area contributed by atoms with Crippen LogP contribution in [-0.2, 0) is 0 Å². The predicted molar refractivity (Wildman–Crippen MR) is 58.8 cm³/mol. The van der Waals surface area contributed by atoms with Crippen LogP contribution in [0.5, 0.6) is 0 Å². The average molecular weight is 183 g/mol. The molecule has 1 N–H and O–H groups in total. The first-order valence-electron chi connectivity index (χ1n) is 5.79. The maximum atomic E-state index is 3.45. The summed E-state index contributed by atoms with van der Waals surface area (Å²) in [6.45, 7) is 11.7. The van der Waals surface area contributed by atoms with Crippen LogP contribution >= 0.6 is 0 Å². The van der Waals surface area contributed by atoms with Crippen LogP contribution in [0.3, 0.4) is 0 Å². The van der Waals surface area contributed by atoms with Crippen molar-refractivity contribution in [2.45, 2.75) is 47.0 Å². The molecular formula is C12H25N. The minimum Gasteiger partial charge on any atom is -0.317 e. The van der Waals surface area contributed by atoms with Gasteiger partial charge in [0.25, 0.3) is 0 Å². The lowest BCUT2D eigenvalue weighted by Crippen LogP contribution is -2.18. The summed E-state index contributed by atoms with van der Waals surface area (Å²) in [5.41, 5.74) is 0.687. The van der Waals surface area contributed by atoms with Crippen LogP contribution in [0.1, 0.15) is 47.0 Å². The molecule has 0 heterocycles. The molecule has 78 valence electrons. The predicted octanol–water partition coefficient (Wildman–Crippen LogP) is 3.06. The highest BCUT2D eigenvalue weighted by molar-refractivity contribution is 4.99. The van der Waals surface area contributed by atoms with Crippen molar-refractivity contribution in [2.75, 3.05) is 13.1 Å². The number of rotatable bonds is 6. The summed E-state index contributed by atoms with van der Waals surface area (Å²) in [5, 5.41) is 3.45. The summed E-state index contributed by atoms with van der Waals surface area (Å²) in [7, 11) is 0. The molecule has 0 aliphatic heterocycles. The van der Waals surface area contributed by atoms with Gasteiger partial charge in [0.15, 0.2) is 0 Å². The number of nitrogens with one attached hydrogen (secondary N) is 1. The summed E-state index contributed by atoms with van der Waals surface area (Å²) in [6.07, 6.45) is 4.28. The molecule has 0 saturated heterocycles. The van der Waals surface area contributed by atoms with Gasteiger partial charge in [-0.2, -0.15) is 0 Å². The Morgan fingerprint density at radius 2 is 2.15 bits per heavy atom. The van der Waals surface area contributed by atoms with Gasteiger partial charge in [-0.1, -0.05) is 34.1 Å². The molecule has 13 heavy (non-hydrogen) atoms. The van der Waals surface area contributed by atoms with Crippen LogP contribution in [-0.4, -0.2) is 13.1 Å². The smallest absolute Gasteiger partial charge is 0.00152 e. The van der Waals surface area contributed by atoms with Gasteiger partial charge >= 0.3 is 0 Å². The maximum Gasteiger partial charge on any atom is -0.00152 e. The highest BCUT2D eigenvalue weighted by atomic mass is 14.9. The monoisotopic (exact) mass is 183 g/mol. The van der Waals surface area contributed by atoms with E-state index in [0.29, 0.717) is 5.41 Å². The van der Waals surface area contributed by atoms with Gasteiger partial charge in [0, 0.05) is 0 Å². The Balaban J connectivity index is 2.13. The molecule has 1 aliphatic carbocycles. The molecule has 2 unspecified atom stereocenters. The summed E-state index contributed by atoms with van der Waals surface area (Å²) in [4.78, 5) is 0. The van der Waals surface area contributed by atoms with Crippen molar-refractivity contribution in [1.29, 1.82) is 0 Å². The van der Waals surface area contributed by atoms with Gasteiger partial charge in [0.05, 0.1) is 0 Å². The zero-order valence-corrected chi connectivity index (χ0v) is 9.69. The fraction of sp³-hybridized carbons (Fsp3) is 1.00. The van der Waals surface area contributed by atoms with Gasteiger partial charge < -0.3 is 5.32 Å². The molecule has 1 aliphatic rings. The second kappa shape index (κ2) is 4.45. The van der Waals surface area contributed by atoms with E-state index in [4.69, 9.17) is 0 Å². The molecule has 1 nitrogen and oxygen atoms in total. The molecule has 1 saturated carbocycles. The lowest BCUT2D eigenvalue weighted by atomic mass is 9.95. The lowest BCUT2D eigenvalue weighted by Gasteiger charge is -2.12. The standard InChI is InChI=1S/C12H25N/c1-5-13-9-11-8-12(11,4)7-6-10(2)3/h10-11,13H,5-9H2,1-4H3. The summed E-state index contributed by atoms with van der Waals surface area (Å²) < 4.78 is 0. The van der Waals surface area contributed by atoms with Crippen LogP contribution in [0.25, 0.3) is 0 Å². The maximum absolute atomic E-state index is 3.45. The first-order chi connectivity index (χ1) is 6.08. The number of hydrogen-bond acceptors (Lipinski definition) is 1. The van der Waals surface area contributed by atoms with Crippen molar-refractivity contribution < 1.29 is 0 Å². The Morgan fingerprint density at radius 1 is 1.46 bits per heavy atom. The summed E-state index contributed by atoms with van der Waals surface area (Å²) in [6, 6.07) is 0. The van der Waals surface area contributed by atoms with E-state index >= 15 is 0 Å². The first kappa shape index (κ1) is 11.0. The van der Waals surface area contributed by atoms with Crippen molar-refractivity contribution in [3.05, 3.63) is 0 Å². The molecule has 0 spiro atoms. The van der Waals surface area contributed by atoms with Crippen LogP contribution in [0.15, 0.2) is 0 Å². The molecule has 0 bridgehead atoms. The van der Waals surface area contributed by atoms with Crippen molar-refractivity contribution in [2.24, 2.45) is 17.3 Å². The van der Waals surface area contributed by atoms with Crippen molar-refractivity contribution >= 4 is 0 Å². The van der Waals surface area contributed by atoms with E-state index in [-0.39, 0.29) is 0 Å². The summed E-state index contributed by atoms with van der Waals surface area (Å²) in [5.74, 6) is 1.84. The van der Waals surface area contributed by atoms with Gasteiger partial charge in [-0.15, -0.1) is 0 Å². The van der Waals surface area contributed by atoms with E-state index in [2.05, 4.69) is 33.0 Å². The van der Waals surface area contributed by atoms with Crippen LogP contribution < -0.4 is 5.32 Å². The van der Waals surface area contributed by atoms with Gasteiger partial charge in [0.2, 0.25) is 0 Å². The van der Waals surface area contributed by atoms with E-state index in [1.807, 2.05) is 0 Å². The lowest BCUT2D eigenvalue weighted by molar-refractivity contribution is 0.396. The Hall–Kier alpha value is -0.0400. The molecular weight excluding hydrogens is 158 g/mol. The molecule has 2 atom stereocenters. The largest absolute Gasteiger partial charge is 0.317 e. The van der Waals surface area contributed by atoms with Crippen LogP contribution in [0, 0.1) is 17.3 Å². The molecule has 1 rings (SSSR count). The highest BCUT2D eigenvalue weighted by Gasteiger charge is 2.48. The minimum absolute atomic E-state index is 0.687. The third-order valence-corrected chi connectivity index (χ3v) is 3.47. The van der Waals surface area contributed by atoms with E-state index in [9.17, 15) is 0 Å². The zero-order chi connectivity index (χ0) is 9.90. The van der Waals surface area contributed by atoms with Gasteiger partial charge in [-0.3, -0.25) is 0 Å². The van der Waals surface area contributed by atoms with E-state index in [1.54, 1.807) is 0 Å². The molecule has 0 radical (unpaired) electrons. The van der Waals surface area contributed by atoms with Crippen LogP contribution in [0.4, 0.5) is 0 Å². The van der Waals surface area contributed by atoms with E-state index < -0.39 is 0 Å². The van der Waals surface area contributed by atoms with Crippen molar-refractivity contribution in [1.82, 2.24) is 5.32 Å².